The molecule has 0 atom stereocenters. The number of aryl methyl sites for hydroxylation is 1. The van der Waals surface area contributed by atoms with Gasteiger partial charge in [0.05, 0.1) is 24.5 Å². The van der Waals surface area contributed by atoms with E-state index in [0.29, 0.717) is 28.8 Å². The van der Waals surface area contributed by atoms with Gasteiger partial charge in [-0.05, 0) is 45.4 Å². The van der Waals surface area contributed by atoms with E-state index >= 15 is 0 Å². The third-order valence-electron chi connectivity index (χ3n) is 5.17. The number of thiophene rings is 1. The predicted molar refractivity (Wildman–Crippen MR) is 146 cm³/mol. The zero-order valence-electron chi connectivity index (χ0n) is 21.7. The Morgan fingerprint density at radius 2 is 1.76 bits per heavy atom. The molecule has 38 heavy (non-hydrogen) atoms. The molecule has 3 rings (SSSR count). The van der Waals surface area contributed by atoms with E-state index in [-0.39, 0.29) is 46.9 Å². The van der Waals surface area contributed by atoms with E-state index in [9.17, 15) is 14.4 Å². The van der Waals surface area contributed by atoms with Crippen LogP contribution in [0.4, 0.5) is 5.00 Å². The molecule has 0 radical (unpaired) electrons. The molecule has 0 bridgehead atoms. The Balaban J connectivity index is 1.71. The van der Waals surface area contributed by atoms with E-state index in [1.807, 2.05) is 35.8 Å². The molecule has 0 aliphatic heterocycles. The number of nitrogens with one attached hydrogen (secondary N) is 1. The van der Waals surface area contributed by atoms with Crippen LogP contribution in [0.3, 0.4) is 0 Å². The highest BCUT2D eigenvalue weighted by Gasteiger charge is 2.27. The molecule has 1 N–H and O–H groups in total. The van der Waals surface area contributed by atoms with Crippen LogP contribution in [0.25, 0.3) is 0 Å². The second-order valence-corrected chi connectivity index (χ2v) is 9.90. The zero-order chi connectivity index (χ0) is 27.7. The molecule has 0 aliphatic rings. The van der Waals surface area contributed by atoms with Crippen LogP contribution in [-0.4, -0.2) is 51.6 Å². The maximum absolute atomic E-state index is 12.9. The van der Waals surface area contributed by atoms with E-state index in [4.69, 9.17) is 14.2 Å². The Morgan fingerprint density at radius 3 is 2.42 bits per heavy atom. The van der Waals surface area contributed by atoms with Crippen molar-refractivity contribution < 1.29 is 28.6 Å². The number of carbonyl (C=O) groups is 3. The van der Waals surface area contributed by atoms with Crippen LogP contribution in [0.2, 0.25) is 0 Å². The molecule has 10 nitrogen and oxygen atoms in total. The van der Waals surface area contributed by atoms with E-state index in [1.165, 1.54) is 11.8 Å². The van der Waals surface area contributed by atoms with Gasteiger partial charge in [-0.2, -0.15) is 0 Å². The fraction of sp³-hybridized carbons (Fsp3) is 0.346. The first kappa shape index (κ1) is 28.9. The van der Waals surface area contributed by atoms with Crippen LogP contribution in [0.5, 0.6) is 5.75 Å². The quantitative estimate of drug-likeness (QED) is 0.179. The standard InChI is InChI=1S/C26H30N4O6S2/c1-6-13-30-19(14-36-18-11-9-16(4)10-12-18)28-29-26(30)37-15-20(31)27-23-21(24(32)34-7-2)17(5)22(38-23)25(33)35-8-3/h6,9-12H,1,7-8,13-15H2,2-5H3,(H,27,31). The molecule has 0 saturated heterocycles. The van der Waals surface area contributed by atoms with E-state index in [0.717, 1.165) is 16.9 Å². The maximum Gasteiger partial charge on any atom is 0.348 e. The summed E-state index contributed by atoms with van der Waals surface area (Å²) in [6, 6.07) is 7.69. The Labute approximate surface area is 229 Å². The second-order valence-electron chi connectivity index (χ2n) is 7.94. The Morgan fingerprint density at radius 1 is 1.08 bits per heavy atom. The van der Waals surface area contributed by atoms with Gasteiger partial charge >= 0.3 is 11.9 Å². The number of hydrogen-bond acceptors (Lipinski definition) is 10. The van der Waals surface area contributed by atoms with Crippen molar-refractivity contribution in [2.75, 3.05) is 24.3 Å². The summed E-state index contributed by atoms with van der Waals surface area (Å²) < 4.78 is 17.9. The van der Waals surface area contributed by atoms with Gasteiger partial charge in [0.1, 0.15) is 22.2 Å². The van der Waals surface area contributed by atoms with Crippen LogP contribution in [-0.2, 0) is 27.4 Å². The van der Waals surface area contributed by atoms with Crippen molar-refractivity contribution in [1.82, 2.24) is 14.8 Å². The lowest BCUT2D eigenvalue weighted by molar-refractivity contribution is -0.113. The number of nitrogens with zero attached hydrogens (tertiary/aromatic N) is 3. The van der Waals surface area contributed by atoms with Gasteiger partial charge in [0.2, 0.25) is 5.91 Å². The smallest absolute Gasteiger partial charge is 0.348 e. The summed E-state index contributed by atoms with van der Waals surface area (Å²) in [6.45, 7) is 11.8. The van der Waals surface area contributed by atoms with Gasteiger partial charge in [-0.25, -0.2) is 9.59 Å². The topological polar surface area (TPSA) is 122 Å². The fourth-order valence-electron chi connectivity index (χ4n) is 3.36. The molecule has 1 amide bonds. The Hall–Kier alpha value is -3.64. The minimum Gasteiger partial charge on any atom is -0.486 e. The third-order valence-corrected chi connectivity index (χ3v) is 7.32. The molecule has 0 saturated carbocycles. The van der Waals surface area contributed by atoms with E-state index < -0.39 is 11.9 Å². The summed E-state index contributed by atoms with van der Waals surface area (Å²) in [5.41, 5.74) is 1.68. The largest absolute Gasteiger partial charge is 0.486 e. The number of hydrogen-bond donors (Lipinski definition) is 1. The van der Waals surface area contributed by atoms with Gasteiger partial charge in [-0.15, -0.1) is 28.1 Å². The molecule has 3 aromatic rings. The first-order valence-electron chi connectivity index (χ1n) is 11.9. The lowest BCUT2D eigenvalue weighted by Crippen LogP contribution is -2.17. The lowest BCUT2D eigenvalue weighted by atomic mass is 10.1. The first-order chi connectivity index (χ1) is 18.3. The molecular weight excluding hydrogens is 528 g/mol. The monoisotopic (exact) mass is 558 g/mol. The number of rotatable bonds is 13. The fourth-order valence-corrected chi connectivity index (χ4v) is 5.23. The minimum atomic E-state index is -0.622. The number of ether oxygens (including phenoxy) is 3. The molecule has 12 heteroatoms. The number of anilines is 1. The number of aromatic nitrogens is 3. The molecular formula is C26H30N4O6S2. The van der Waals surface area contributed by atoms with Gasteiger partial charge in [-0.3, -0.25) is 9.36 Å². The summed E-state index contributed by atoms with van der Waals surface area (Å²) in [7, 11) is 0. The SMILES string of the molecule is C=CCn1c(COc2ccc(C)cc2)nnc1SCC(=O)Nc1sc(C(=O)OCC)c(C)c1C(=O)OCC. The zero-order valence-corrected chi connectivity index (χ0v) is 23.4. The predicted octanol–water partition coefficient (Wildman–Crippen LogP) is 4.81. The number of thioether (sulfide) groups is 1. The van der Waals surface area contributed by atoms with Crippen molar-refractivity contribution in [2.24, 2.45) is 0 Å². The molecule has 0 spiro atoms. The third kappa shape index (κ3) is 7.23. The molecule has 2 heterocycles. The van der Waals surface area contributed by atoms with Crippen molar-refractivity contribution in [3.8, 4) is 5.75 Å². The summed E-state index contributed by atoms with van der Waals surface area (Å²) in [6.07, 6.45) is 1.71. The normalized spacial score (nSPS) is 10.6. The molecule has 202 valence electrons. The van der Waals surface area contributed by atoms with Gasteiger partial charge in [-0.1, -0.05) is 35.5 Å². The van der Waals surface area contributed by atoms with Crippen molar-refractivity contribution >= 4 is 45.9 Å². The summed E-state index contributed by atoms with van der Waals surface area (Å²) in [5, 5.41) is 11.9. The highest BCUT2D eigenvalue weighted by molar-refractivity contribution is 7.99. The van der Waals surface area contributed by atoms with E-state index in [1.54, 1.807) is 26.8 Å². The van der Waals surface area contributed by atoms with Gasteiger partial charge in [0.25, 0.3) is 0 Å². The highest BCUT2D eigenvalue weighted by atomic mass is 32.2. The maximum atomic E-state index is 12.9. The lowest BCUT2D eigenvalue weighted by Gasteiger charge is -2.10. The molecule has 0 unspecified atom stereocenters. The average Bonchev–Trinajstić information content (AvgIpc) is 3.42. The van der Waals surface area contributed by atoms with Crippen molar-refractivity contribution in [3.63, 3.8) is 0 Å². The number of allylic oxidation sites excluding steroid dienone is 1. The van der Waals surface area contributed by atoms with Crippen LogP contribution in [0, 0.1) is 13.8 Å². The molecule has 2 aromatic heterocycles. The summed E-state index contributed by atoms with van der Waals surface area (Å²) in [4.78, 5) is 38.0. The van der Waals surface area contributed by atoms with Gasteiger partial charge in [0, 0.05) is 6.54 Å². The first-order valence-corrected chi connectivity index (χ1v) is 13.7. The van der Waals surface area contributed by atoms with Crippen molar-refractivity contribution in [3.05, 3.63) is 64.3 Å². The highest BCUT2D eigenvalue weighted by Crippen LogP contribution is 2.34. The molecule has 1 aromatic carbocycles. The number of benzene rings is 1. The minimum absolute atomic E-state index is 0.0119. The van der Waals surface area contributed by atoms with Crippen molar-refractivity contribution in [2.45, 2.75) is 46.0 Å². The number of esters is 2. The van der Waals surface area contributed by atoms with E-state index in [2.05, 4.69) is 22.1 Å². The van der Waals surface area contributed by atoms with Crippen LogP contribution >= 0.6 is 23.1 Å². The second kappa shape index (κ2) is 13.8. The van der Waals surface area contributed by atoms with Gasteiger partial charge in [0.15, 0.2) is 11.0 Å². The van der Waals surface area contributed by atoms with Crippen molar-refractivity contribution in [1.29, 1.82) is 0 Å². The number of amides is 1. The average molecular weight is 559 g/mol. The Bertz CT molecular complexity index is 1300. The Kier molecular flexibility index (Phi) is 10.5. The van der Waals surface area contributed by atoms with Crippen LogP contribution in [0.1, 0.15) is 50.8 Å². The van der Waals surface area contributed by atoms with Gasteiger partial charge < -0.3 is 19.5 Å². The van der Waals surface area contributed by atoms with Crippen LogP contribution < -0.4 is 10.1 Å². The summed E-state index contributed by atoms with van der Waals surface area (Å²) >= 11 is 2.16. The molecule has 0 fully saturated rings. The number of carbonyl (C=O) groups excluding carboxylic acids is 3. The summed E-state index contributed by atoms with van der Waals surface area (Å²) in [5.74, 6) is -0.281. The van der Waals surface area contributed by atoms with Crippen LogP contribution in [0.15, 0.2) is 42.1 Å². The molecule has 0 aliphatic carbocycles.